The molecule has 142 valence electrons. The van der Waals surface area contributed by atoms with E-state index in [1.165, 1.54) is 11.1 Å². The van der Waals surface area contributed by atoms with Gasteiger partial charge in [0.1, 0.15) is 0 Å². The van der Waals surface area contributed by atoms with Crippen molar-refractivity contribution in [3.8, 4) is 0 Å². The van der Waals surface area contributed by atoms with Crippen LogP contribution >= 0.6 is 0 Å². The van der Waals surface area contributed by atoms with E-state index in [2.05, 4.69) is 63.9 Å². The maximum Gasteiger partial charge on any atom is 0.226 e. The van der Waals surface area contributed by atoms with Crippen LogP contribution in [-0.2, 0) is 12.8 Å². The second kappa shape index (κ2) is 10.6. The molecule has 0 aliphatic heterocycles. The first kappa shape index (κ1) is 19.9. The average molecular weight is 358 g/mol. The summed E-state index contributed by atoms with van der Waals surface area (Å²) in [6, 6.07) is 8.95. The fraction of sp³-hybridized carbons (Fsp3) is 0.550. The molecule has 0 unspecified atom stereocenters. The van der Waals surface area contributed by atoms with Gasteiger partial charge in [-0.2, -0.15) is 4.98 Å². The molecular weight excluding hydrogens is 326 g/mol. The number of rotatable bonds is 9. The predicted octanol–water partition coefficient (Wildman–Crippen LogP) is 3.23. The molecule has 1 heterocycles. The molecule has 2 N–H and O–H groups in total. The zero-order valence-corrected chi connectivity index (χ0v) is 16.4. The van der Waals surface area contributed by atoms with Gasteiger partial charge in [0.25, 0.3) is 0 Å². The van der Waals surface area contributed by atoms with E-state index in [1.54, 1.807) is 7.05 Å². The Labute approximate surface area is 156 Å². The number of guanidine groups is 1. The molecule has 0 saturated carbocycles. The number of aromatic nitrogens is 2. The molecule has 0 fully saturated rings. The van der Waals surface area contributed by atoms with Crippen molar-refractivity contribution < 1.29 is 4.52 Å². The Morgan fingerprint density at radius 3 is 2.27 bits per heavy atom. The molecule has 0 amide bonds. The smallest absolute Gasteiger partial charge is 0.226 e. The summed E-state index contributed by atoms with van der Waals surface area (Å²) in [6.45, 7) is 7.99. The highest BCUT2D eigenvalue weighted by atomic mass is 16.5. The molecule has 0 aliphatic carbocycles. The van der Waals surface area contributed by atoms with Crippen LogP contribution in [-0.4, -0.2) is 36.2 Å². The number of aliphatic imine (C=N–C) groups is 1. The van der Waals surface area contributed by atoms with Crippen molar-refractivity contribution >= 4 is 5.96 Å². The van der Waals surface area contributed by atoms with E-state index in [0.29, 0.717) is 17.6 Å². The molecule has 0 atom stereocenters. The third kappa shape index (κ3) is 6.86. The van der Waals surface area contributed by atoms with E-state index in [4.69, 9.17) is 4.52 Å². The second-order valence-corrected chi connectivity index (χ2v) is 6.76. The fourth-order valence-corrected chi connectivity index (χ4v) is 2.68. The van der Waals surface area contributed by atoms with E-state index in [-0.39, 0.29) is 0 Å². The van der Waals surface area contributed by atoms with Crippen molar-refractivity contribution in [3.05, 3.63) is 47.1 Å². The van der Waals surface area contributed by atoms with Crippen LogP contribution in [0.1, 0.15) is 55.4 Å². The summed E-state index contributed by atoms with van der Waals surface area (Å²) in [6.07, 6.45) is 3.84. The summed E-state index contributed by atoms with van der Waals surface area (Å²) in [7, 11) is 1.79. The summed E-state index contributed by atoms with van der Waals surface area (Å²) in [5, 5.41) is 10.5. The number of aryl methyl sites for hydroxylation is 3. The first-order chi connectivity index (χ1) is 12.6. The van der Waals surface area contributed by atoms with Gasteiger partial charge in [0, 0.05) is 26.6 Å². The van der Waals surface area contributed by atoms with Crippen LogP contribution in [0.15, 0.2) is 33.8 Å². The van der Waals surface area contributed by atoms with Gasteiger partial charge in [-0.15, -0.1) is 0 Å². The van der Waals surface area contributed by atoms with Crippen molar-refractivity contribution in [2.45, 2.75) is 52.4 Å². The van der Waals surface area contributed by atoms with Gasteiger partial charge in [0.15, 0.2) is 11.8 Å². The van der Waals surface area contributed by atoms with E-state index in [9.17, 15) is 0 Å². The normalized spacial score (nSPS) is 11.8. The van der Waals surface area contributed by atoms with E-state index >= 15 is 0 Å². The Morgan fingerprint density at radius 1 is 1.08 bits per heavy atom. The standard InChI is InChI=1S/C20H31N5O/c1-15(2)18-11-9-17(10-12-18)7-5-13-22-20(21-4)23-14-6-8-19-24-16(3)25-26-19/h9-12,15H,5-8,13-14H2,1-4H3,(H2,21,22,23). The molecule has 2 rings (SSSR count). The number of hydrogen-bond donors (Lipinski definition) is 2. The first-order valence-electron chi connectivity index (χ1n) is 9.41. The van der Waals surface area contributed by atoms with Gasteiger partial charge in [-0.1, -0.05) is 43.3 Å². The number of nitrogens with zero attached hydrogens (tertiary/aromatic N) is 3. The van der Waals surface area contributed by atoms with Crippen molar-refractivity contribution in [2.24, 2.45) is 4.99 Å². The summed E-state index contributed by atoms with van der Waals surface area (Å²) >= 11 is 0. The summed E-state index contributed by atoms with van der Waals surface area (Å²) in [5.74, 6) is 2.80. The highest BCUT2D eigenvalue weighted by Crippen LogP contribution is 2.15. The van der Waals surface area contributed by atoms with Crippen molar-refractivity contribution in [3.63, 3.8) is 0 Å². The van der Waals surface area contributed by atoms with Crippen molar-refractivity contribution in [1.82, 2.24) is 20.8 Å². The van der Waals surface area contributed by atoms with Crippen LogP contribution < -0.4 is 10.6 Å². The van der Waals surface area contributed by atoms with Crippen LogP contribution in [0.4, 0.5) is 0 Å². The highest BCUT2D eigenvalue weighted by Gasteiger charge is 2.03. The Kier molecular flexibility index (Phi) is 8.12. The quantitative estimate of drug-likeness (QED) is 0.409. The van der Waals surface area contributed by atoms with E-state index in [1.807, 2.05) is 6.92 Å². The maximum absolute atomic E-state index is 5.10. The third-order valence-electron chi connectivity index (χ3n) is 4.23. The lowest BCUT2D eigenvalue weighted by atomic mass is 10.0. The molecule has 2 aromatic rings. The summed E-state index contributed by atoms with van der Waals surface area (Å²) in [4.78, 5) is 8.46. The van der Waals surface area contributed by atoms with Gasteiger partial charge >= 0.3 is 0 Å². The van der Waals surface area contributed by atoms with Crippen molar-refractivity contribution in [2.75, 3.05) is 20.1 Å². The van der Waals surface area contributed by atoms with Crippen LogP contribution in [0.2, 0.25) is 0 Å². The minimum absolute atomic E-state index is 0.587. The van der Waals surface area contributed by atoms with Crippen LogP contribution in [0.25, 0.3) is 0 Å². The molecule has 0 radical (unpaired) electrons. The maximum atomic E-state index is 5.10. The fourth-order valence-electron chi connectivity index (χ4n) is 2.68. The predicted molar refractivity (Wildman–Crippen MR) is 106 cm³/mol. The molecule has 6 heteroatoms. The lowest BCUT2D eigenvalue weighted by Gasteiger charge is -2.11. The zero-order chi connectivity index (χ0) is 18.8. The topological polar surface area (TPSA) is 75.3 Å². The average Bonchev–Trinajstić information content (AvgIpc) is 3.06. The summed E-state index contributed by atoms with van der Waals surface area (Å²) < 4.78 is 5.10. The third-order valence-corrected chi connectivity index (χ3v) is 4.23. The molecule has 1 aromatic carbocycles. The van der Waals surface area contributed by atoms with Gasteiger partial charge in [-0.05, 0) is 43.2 Å². The molecule has 6 nitrogen and oxygen atoms in total. The minimum Gasteiger partial charge on any atom is -0.356 e. The molecule has 0 spiro atoms. The monoisotopic (exact) mass is 357 g/mol. The first-order valence-corrected chi connectivity index (χ1v) is 9.41. The Bertz CT molecular complexity index is 676. The van der Waals surface area contributed by atoms with Crippen LogP contribution in [0.3, 0.4) is 0 Å². The lowest BCUT2D eigenvalue weighted by molar-refractivity contribution is 0.372. The SMILES string of the molecule is CN=C(NCCCc1ccc(C(C)C)cc1)NCCCc1nc(C)no1. The molecule has 0 bridgehead atoms. The van der Waals surface area contributed by atoms with E-state index in [0.717, 1.165) is 44.7 Å². The summed E-state index contributed by atoms with van der Waals surface area (Å²) in [5.41, 5.74) is 2.78. The highest BCUT2D eigenvalue weighted by molar-refractivity contribution is 5.79. The van der Waals surface area contributed by atoms with Crippen molar-refractivity contribution in [1.29, 1.82) is 0 Å². The van der Waals surface area contributed by atoms with Gasteiger partial charge < -0.3 is 15.2 Å². The number of hydrogen-bond acceptors (Lipinski definition) is 4. The van der Waals surface area contributed by atoms with Gasteiger partial charge in [0.05, 0.1) is 0 Å². The van der Waals surface area contributed by atoms with Crippen LogP contribution in [0, 0.1) is 6.92 Å². The van der Waals surface area contributed by atoms with E-state index < -0.39 is 0 Å². The molecule has 0 aliphatic rings. The molecule has 1 aromatic heterocycles. The zero-order valence-electron chi connectivity index (χ0n) is 16.4. The largest absolute Gasteiger partial charge is 0.356 e. The van der Waals surface area contributed by atoms with Gasteiger partial charge in [-0.3, -0.25) is 4.99 Å². The van der Waals surface area contributed by atoms with Gasteiger partial charge in [0.2, 0.25) is 5.89 Å². The Balaban J connectivity index is 1.59. The molecular formula is C20H31N5O. The Morgan fingerprint density at radius 2 is 1.73 bits per heavy atom. The number of benzene rings is 1. The molecule has 26 heavy (non-hydrogen) atoms. The lowest BCUT2D eigenvalue weighted by Crippen LogP contribution is -2.38. The van der Waals surface area contributed by atoms with Crippen LogP contribution in [0.5, 0.6) is 0 Å². The van der Waals surface area contributed by atoms with Gasteiger partial charge in [-0.25, -0.2) is 0 Å². The second-order valence-electron chi connectivity index (χ2n) is 6.76. The number of nitrogens with one attached hydrogen (secondary N) is 2. The minimum atomic E-state index is 0.587. The molecule has 0 saturated heterocycles. The Hall–Kier alpha value is -2.37.